The molecule has 0 aliphatic rings. The number of imidazole rings is 1. The molecule has 30 heavy (non-hydrogen) atoms. The minimum Gasteiger partial charge on any atom is -0.484 e. The SMILES string of the molecule is Cc1ccc2nc(CCc3cccc(NC(=O)COc4ccc(Cl)cc4)c3)[nH]c2c1. The van der Waals surface area contributed by atoms with Crippen LogP contribution in [-0.4, -0.2) is 22.5 Å². The monoisotopic (exact) mass is 419 g/mol. The first-order valence-corrected chi connectivity index (χ1v) is 10.2. The van der Waals surface area contributed by atoms with E-state index in [0.29, 0.717) is 10.8 Å². The number of halogens is 1. The minimum atomic E-state index is -0.213. The Morgan fingerprint density at radius 3 is 2.73 bits per heavy atom. The number of hydrogen-bond acceptors (Lipinski definition) is 3. The van der Waals surface area contributed by atoms with E-state index in [1.54, 1.807) is 24.3 Å². The number of anilines is 1. The van der Waals surface area contributed by atoms with Gasteiger partial charge in [-0.05, 0) is 73.0 Å². The molecule has 152 valence electrons. The van der Waals surface area contributed by atoms with E-state index in [4.69, 9.17) is 16.3 Å². The van der Waals surface area contributed by atoms with E-state index in [1.807, 2.05) is 30.3 Å². The van der Waals surface area contributed by atoms with Gasteiger partial charge in [-0.15, -0.1) is 0 Å². The Morgan fingerprint density at radius 2 is 1.90 bits per heavy atom. The van der Waals surface area contributed by atoms with Crippen molar-refractivity contribution in [1.29, 1.82) is 0 Å². The lowest BCUT2D eigenvalue weighted by atomic mass is 10.1. The smallest absolute Gasteiger partial charge is 0.262 e. The molecule has 0 aliphatic heterocycles. The average molecular weight is 420 g/mol. The second-order valence-corrected chi connectivity index (χ2v) is 7.63. The Bertz CT molecular complexity index is 1170. The fourth-order valence-electron chi connectivity index (χ4n) is 3.24. The highest BCUT2D eigenvalue weighted by molar-refractivity contribution is 6.30. The number of carbonyl (C=O) groups is 1. The maximum absolute atomic E-state index is 12.2. The van der Waals surface area contributed by atoms with Crippen molar-refractivity contribution < 1.29 is 9.53 Å². The van der Waals surface area contributed by atoms with Crippen molar-refractivity contribution in [3.05, 3.63) is 88.7 Å². The number of aromatic nitrogens is 2. The average Bonchev–Trinajstić information content (AvgIpc) is 3.14. The van der Waals surface area contributed by atoms with Crippen LogP contribution in [0.25, 0.3) is 11.0 Å². The number of fused-ring (bicyclic) bond motifs is 1. The largest absolute Gasteiger partial charge is 0.484 e. The van der Waals surface area contributed by atoms with Crippen LogP contribution in [0.2, 0.25) is 5.02 Å². The first kappa shape index (κ1) is 20.0. The molecule has 0 bridgehead atoms. The molecule has 4 rings (SSSR count). The van der Waals surface area contributed by atoms with Crippen molar-refractivity contribution in [2.24, 2.45) is 0 Å². The Morgan fingerprint density at radius 1 is 1.07 bits per heavy atom. The molecule has 1 amide bonds. The van der Waals surface area contributed by atoms with Gasteiger partial charge in [-0.25, -0.2) is 4.98 Å². The van der Waals surface area contributed by atoms with Crippen LogP contribution in [0.4, 0.5) is 5.69 Å². The van der Waals surface area contributed by atoms with Gasteiger partial charge in [-0.1, -0.05) is 29.8 Å². The number of carbonyl (C=O) groups excluding carboxylic acids is 1. The van der Waals surface area contributed by atoms with E-state index in [2.05, 4.69) is 34.3 Å². The molecule has 4 aromatic rings. The van der Waals surface area contributed by atoms with E-state index in [9.17, 15) is 4.79 Å². The van der Waals surface area contributed by atoms with E-state index < -0.39 is 0 Å². The van der Waals surface area contributed by atoms with Gasteiger partial charge in [0, 0.05) is 17.1 Å². The summed E-state index contributed by atoms with van der Waals surface area (Å²) in [5.74, 6) is 1.35. The summed E-state index contributed by atoms with van der Waals surface area (Å²) in [5, 5.41) is 3.50. The number of nitrogens with zero attached hydrogens (tertiary/aromatic N) is 1. The molecule has 3 aromatic carbocycles. The summed E-state index contributed by atoms with van der Waals surface area (Å²) in [5.41, 5.74) is 5.13. The van der Waals surface area contributed by atoms with Crippen LogP contribution in [-0.2, 0) is 17.6 Å². The van der Waals surface area contributed by atoms with Crippen molar-refractivity contribution >= 4 is 34.2 Å². The summed E-state index contributed by atoms with van der Waals surface area (Å²) < 4.78 is 5.48. The minimum absolute atomic E-state index is 0.0652. The van der Waals surface area contributed by atoms with Crippen molar-refractivity contribution in [2.45, 2.75) is 19.8 Å². The fourth-order valence-corrected chi connectivity index (χ4v) is 3.36. The zero-order valence-corrected chi connectivity index (χ0v) is 17.4. The lowest BCUT2D eigenvalue weighted by molar-refractivity contribution is -0.118. The number of benzene rings is 3. The third-order valence-electron chi connectivity index (χ3n) is 4.73. The van der Waals surface area contributed by atoms with Crippen LogP contribution in [0.15, 0.2) is 66.7 Å². The highest BCUT2D eigenvalue weighted by Crippen LogP contribution is 2.17. The van der Waals surface area contributed by atoms with Gasteiger partial charge < -0.3 is 15.0 Å². The number of aromatic amines is 1. The van der Waals surface area contributed by atoms with Gasteiger partial charge in [0.2, 0.25) is 0 Å². The van der Waals surface area contributed by atoms with Crippen LogP contribution in [0.5, 0.6) is 5.75 Å². The summed E-state index contributed by atoms with van der Waals surface area (Å²) in [6.07, 6.45) is 1.62. The van der Waals surface area contributed by atoms with Crippen LogP contribution < -0.4 is 10.1 Å². The van der Waals surface area contributed by atoms with Crippen LogP contribution >= 0.6 is 11.6 Å². The molecule has 0 fully saturated rings. The summed E-state index contributed by atoms with van der Waals surface area (Å²) >= 11 is 5.85. The van der Waals surface area contributed by atoms with Gasteiger partial charge in [0.1, 0.15) is 11.6 Å². The Balaban J connectivity index is 1.32. The summed E-state index contributed by atoms with van der Waals surface area (Å²) in [6.45, 7) is 2.00. The number of ether oxygens (including phenoxy) is 1. The third-order valence-corrected chi connectivity index (χ3v) is 4.98. The first-order valence-electron chi connectivity index (χ1n) is 9.77. The zero-order valence-electron chi connectivity index (χ0n) is 16.6. The van der Waals surface area contributed by atoms with Crippen LogP contribution in [0, 0.1) is 6.92 Å². The maximum atomic E-state index is 12.2. The molecule has 1 aromatic heterocycles. The standard InChI is InChI=1S/C24H22ClN3O2/c1-16-5-11-21-22(13-16)28-23(27-21)12-6-17-3-2-4-19(14-17)26-24(29)15-30-20-9-7-18(25)8-10-20/h2-5,7-11,13-14H,6,12,15H2,1H3,(H,26,29)(H,27,28). The summed E-state index contributed by atoms with van der Waals surface area (Å²) in [7, 11) is 0. The third kappa shape index (κ3) is 5.19. The lowest BCUT2D eigenvalue weighted by Gasteiger charge is -2.09. The van der Waals surface area contributed by atoms with Gasteiger partial charge >= 0.3 is 0 Å². The normalized spacial score (nSPS) is 10.9. The molecule has 0 saturated carbocycles. The van der Waals surface area contributed by atoms with E-state index in [1.165, 1.54) is 5.56 Å². The van der Waals surface area contributed by atoms with E-state index in [-0.39, 0.29) is 12.5 Å². The second-order valence-electron chi connectivity index (χ2n) is 7.20. The van der Waals surface area contributed by atoms with Crippen LogP contribution in [0.3, 0.4) is 0 Å². The Labute approximate surface area is 180 Å². The van der Waals surface area contributed by atoms with E-state index >= 15 is 0 Å². The predicted octanol–water partition coefficient (Wildman–Crippen LogP) is 5.33. The molecule has 5 nitrogen and oxygen atoms in total. The van der Waals surface area contributed by atoms with Crippen molar-refractivity contribution in [2.75, 3.05) is 11.9 Å². The molecule has 0 aliphatic carbocycles. The number of rotatable bonds is 7. The predicted molar refractivity (Wildman–Crippen MR) is 120 cm³/mol. The summed E-state index contributed by atoms with van der Waals surface area (Å²) in [6, 6.07) is 20.9. The highest BCUT2D eigenvalue weighted by Gasteiger charge is 2.07. The highest BCUT2D eigenvalue weighted by atomic mass is 35.5. The fraction of sp³-hybridized carbons (Fsp3) is 0.167. The molecule has 0 radical (unpaired) electrons. The molecule has 0 unspecified atom stereocenters. The number of amides is 1. The molecular weight excluding hydrogens is 398 g/mol. The molecule has 6 heteroatoms. The lowest BCUT2D eigenvalue weighted by Crippen LogP contribution is -2.20. The van der Waals surface area contributed by atoms with Gasteiger partial charge in [-0.2, -0.15) is 0 Å². The van der Waals surface area contributed by atoms with E-state index in [0.717, 1.165) is 41.0 Å². The molecule has 0 atom stereocenters. The van der Waals surface area contributed by atoms with Gasteiger partial charge in [0.15, 0.2) is 6.61 Å². The van der Waals surface area contributed by atoms with Gasteiger partial charge in [-0.3, -0.25) is 4.79 Å². The maximum Gasteiger partial charge on any atom is 0.262 e. The molecule has 2 N–H and O–H groups in total. The molecule has 0 spiro atoms. The zero-order chi connectivity index (χ0) is 20.9. The van der Waals surface area contributed by atoms with Crippen molar-refractivity contribution in [3.63, 3.8) is 0 Å². The van der Waals surface area contributed by atoms with Gasteiger partial charge in [0.05, 0.1) is 11.0 Å². The Kier molecular flexibility index (Phi) is 6.00. The topological polar surface area (TPSA) is 67.0 Å². The Hall–Kier alpha value is -3.31. The van der Waals surface area contributed by atoms with Crippen molar-refractivity contribution in [1.82, 2.24) is 9.97 Å². The van der Waals surface area contributed by atoms with Gasteiger partial charge in [0.25, 0.3) is 5.91 Å². The second kappa shape index (κ2) is 9.01. The molecule has 0 saturated heterocycles. The first-order chi connectivity index (χ1) is 14.5. The molecule has 1 heterocycles. The molecular formula is C24H22ClN3O2. The number of aryl methyl sites for hydroxylation is 3. The van der Waals surface area contributed by atoms with Crippen molar-refractivity contribution in [3.8, 4) is 5.75 Å². The number of hydrogen-bond donors (Lipinski definition) is 2. The van der Waals surface area contributed by atoms with Crippen LogP contribution in [0.1, 0.15) is 17.0 Å². The number of H-pyrrole nitrogens is 1. The summed E-state index contributed by atoms with van der Waals surface area (Å²) in [4.78, 5) is 20.2. The number of nitrogens with one attached hydrogen (secondary N) is 2. The quantitative estimate of drug-likeness (QED) is 0.425.